The van der Waals surface area contributed by atoms with Gasteiger partial charge in [-0.1, -0.05) is 45.9 Å². The summed E-state index contributed by atoms with van der Waals surface area (Å²) in [4.78, 5) is 87.1. The Bertz CT molecular complexity index is 1520. The highest BCUT2D eigenvalue weighted by Gasteiger charge is 2.34. The van der Waals surface area contributed by atoms with Gasteiger partial charge in [0.05, 0.1) is 12.0 Å². The fourth-order valence-corrected chi connectivity index (χ4v) is 7.64. The lowest BCUT2D eigenvalue weighted by molar-refractivity contribution is -0.197. The summed E-state index contributed by atoms with van der Waals surface area (Å²) < 4.78 is 0. The molecule has 16 heteroatoms. The van der Waals surface area contributed by atoms with E-state index in [9.17, 15) is 28.8 Å². The minimum atomic E-state index is -0.719. The molecule has 2 aromatic heterocycles. The van der Waals surface area contributed by atoms with Crippen molar-refractivity contribution in [2.45, 2.75) is 54.3 Å². The molecule has 46 heavy (non-hydrogen) atoms. The number of imide groups is 2. The number of rotatable bonds is 12. The van der Waals surface area contributed by atoms with Crippen molar-refractivity contribution in [3.05, 3.63) is 84.2 Å². The number of pyridine rings is 2. The standard InChI is InChI=1S/C18H16N2O4S2.C12H12N2O4S2/c1-12(25-26-15-4-2-3-11-19-15)13-5-7-14(8-6-13)18(23)24-20-16(21)9-10-17(20)22;15-10-4-5-11(16)14(10)18-12(17)6-8-19-20-9-3-1-2-7-13-9/h2-8,11-12H,9-10H2,1H3;1-3,7H,4-6,8H2. The second-order valence-electron chi connectivity index (χ2n) is 9.44. The molecule has 0 bridgehead atoms. The maximum atomic E-state index is 12.1. The molecule has 0 saturated carbocycles. The predicted octanol–water partition coefficient (Wildman–Crippen LogP) is 5.62. The van der Waals surface area contributed by atoms with Gasteiger partial charge in [-0.15, -0.1) is 10.1 Å². The molecule has 3 aromatic rings. The van der Waals surface area contributed by atoms with Gasteiger partial charge >= 0.3 is 11.9 Å². The second kappa shape index (κ2) is 17.7. The number of hydroxylamine groups is 4. The molecule has 1 unspecified atom stereocenters. The van der Waals surface area contributed by atoms with E-state index in [1.54, 1.807) is 46.1 Å². The van der Waals surface area contributed by atoms with Gasteiger partial charge in [-0.3, -0.25) is 19.2 Å². The number of carbonyl (C=O) groups excluding carboxylic acids is 6. The third kappa shape index (κ3) is 10.6. The summed E-state index contributed by atoms with van der Waals surface area (Å²) in [5.74, 6) is -2.69. The Morgan fingerprint density at radius 1 is 0.739 bits per heavy atom. The van der Waals surface area contributed by atoms with Gasteiger partial charge in [0, 0.05) is 49.1 Å². The van der Waals surface area contributed by atoms with E-state index in [0.717, 1.165) is 15.6 Å². The number of benzene rings is 1. The average Bonchev–Trinajstić information content (AvgIpc) is 3.57. The number of carbonyl (C=O) groups is 6. The zero-order chi connectivity index (χ0) is 32.9. The first-order valence-electron chi connectivity index (χ1n) is 13.9. The predicted molar refractivity (Wildman–Crippen MR) is 173 cm³/mol. The maximum absolute atomic E-state index is 12.1. The molecular formula is C30H28N4O8S4. The molecule has 2 fully saturated rings. The fraction of sp³-hybridized carbons (Fsp3) is 0.267. The van der Waals surface area contributed by atoms with Crippen LogP contribution < -0.4 is 0 Å². The van der Waals surface area contributed by atoms with Gasteiger partial charge in [-0.05, 0) is 70.5 Å². The summed E-state index contributed by atoms with van der Waals surface area (Å²) in [7, 11) is 6.17. The Morgan fingerprint density at radius 2 is 1.26 bits per heavy atom. The first-order valence-corrected chi connectivity index (χ1v) is 18.4. The maximum Gasteiger partial charge on any atom is 0.363 e. The molecule has 4 heterocycles. The van der Waals surface area contributed by atoms with Gasteiger partial charge in [-0.25, -0.2) is 19.6 Å². The number of amides is 4. The summed E-state index contributed by atoms with van der Waals surface area (Å²) in [6.45, 7) is 2.06. The monoisotopic (exact) mass is 700 g/mol. The third-order valence-electron chi connectivity index (χ3n) is 6.08. The molecule has 5 rings (SSSR count). The topological polar surface area (TPSA) is 153 Å². The van der Waals surface area contributed by atoms with Crippen LogP contribution in [0.3, 0.4) is 0 Å². The van der Waals surface area contributed by atoms with Crippen molar-refractivity contribution < 1.29 is 38.4 Å². The minimum Gasteiger partial charge on any atom is -0.330 e. The normalized spacial score (nSPS) is 15.0. The van der Waals surface area contributed by atoms with Crippen LogP contribution in [0.1, 0.15) is 60.2 Å². The molecule has 12 nitrogen and oxygen atoms in total. The van der Waals surface area contributed by atoms with Crippen LogP contribution >= 0.6 is 43.2 Å². The molecular weight excluding hydrogens is 673 g/mol. The zero-order valence-corrected chi connectivity index (χ0v) is 27.7. The van der Waals surface area contributed by atoms with Gasteiger partial charge in [-0.2, -0.15) is 0 Å². The molecule has 1 aromatic carbocycles. The summed E-state index contributed by atoms with van der Waals surface area (Å²) in [6.07, 6.45) is 3.95. The number of hydrogen-bond acceptors (Lipinski definition) is 14. The van der Waals surface area contributed by atoms with Crippen molar-refractivity contribution in [1.82, 2.24) is 20.1 Å². The fourth-order valence-electron chi connectivity index (χ4n) is 3.69. The largest absolute Gasteiger partial charge is 0.363 e. The van der Waals surface area contributed by atoms with Crippen LogP contribution in [0.4, 0.5) is 0 Å². The highest BCUT2D eigenvalue weighted by molar-refractivity contribution is 8.77. The third-order valence-corrected chi connectivity index (χ3v) is 11.1. The van der Waals surface area contributed by atoms with E-state index < -0.39 is 35.6 Å². The van der Waals surface area contributed by atoms with Crippen molar-refractivity contribution in [2.75, 3.05) is 5.75 Å². The van der Waals surface area contributed by atoms with Crippen LogP contribution in [-0.2, 0) is 33.6 Å². The Hall–Kier alpha value is -3.86. The molecule has 2 aliphatic rings. The lowest BCUT2D eigenvalue weighted by Crippen LogP contribution is -2.32. The zero-order valence-electron chi connectivity index (χ0n) is 24.4. The van der Waals surface area contributed by atoms with Crippen molar-refractivity contribution in [3.8, 4) is 0 Å². The van der Waals surface area contributed by atoms with Crippen LogP contribution in [0.5, 0.6) is 0 Å². The molecule has 2 aliphatic heterocycles. The van der Waals surface area contributed by atoms with Crippen LogP contribution in [0.25, 0.3) is 0 Å². The van der Waals surface area contributed by atoms with Crippen molar-refractivity contribution in [1.29, 1.82) is 0 Å². The summed E-state index contributed by atoms with van der Waals surface area (Å²) >= 11 is 0. The van der Waals surface area contributed by atoms with E-state index in [2.05, 4.69) is 16.9 Å². The molecule has 4 amide bonds. The van der Waals surface area contributed by atoms with E-state index in [-0.39, 0.29) is 42.9 Å². The van der Waals surface area contributed by atoms with Gasteiger partial charge in [0.2, 0.25) is 0 Å². The molecule has 0 N–H and O–H groups in total. The van der Waals surface area contributed by atoms with Crippen LogP contribution in [0.2, 0.25) is 0 Å². The van der Waals surface area contributed by atoms with Crippen molar-refractivity contribution in [2.24, 2.45) is 0 Å². The second-order valence-corrected chi connectivity index (χ2v) is 14.4. The Kier molecular flexibility index (Phi) is 13.5. The Balaban J connectivity index is 0.000000216. The Labute approximate surface area is 280 Å². The summed E-state index contributed by atoms with van der Waals surface area (Å²) in [5.41, 5.74) is 1.33. The van der Waals surface area contributed by atoms with E-state index in [0.29, 0.717) is 15.9 Å². The van der Waals surface area contributed by atoms with Gasteiger partial charge in [0.15, 0.2) is 0 Å². The molecule has 1 atom stereocenters. The van der Waals surface area contributed by atoms with Gasteiger partial charge < -0.3 is 9.68 Å². The number of nitrogens with zero attached hydrogens (tertiary/aromatic N) is 4. The van der Waals surface area contributed by atoms with Crippen LogP contribution in [0.15, 0.2) is 83.1 Å². The quantitative estimate of drug-likeness (QED) is 0.130. The molecule has 2 saturated heterocycles. The molecule has 240 valence electrons. The molecule has 0 spiro atoms. The molecule has 0 aliphatic carbocycles. The smallest absolute Gasteiger partial charge is 0.330 e. The average molecular weight is 701 g/mol. The first-order chi connectivity index (χ1) is 22.2. The first kappa shape index (κ1) is 35.0. The highest BCUT2D eigenvalue weighted by Crippen LogP contribution is 2.41. The lowest BCUT2D eigenvalue weighted by atomic mass is 10.1. The van der Waals surface area contributed by atoms with E-state index in [4.69, 9.17) is 9.68 Å². The molecule has 0 radical (unpaired) electrons. The number of aromatic nitrogens is 2. The SMILES string of the molecule is CC(SSc1ccccn1)c1ccc(C(=O)ON2C(=O)CCC2=O)cc1.O=C(CCSSc1ccccn1)ON1C(=O)CCC1=O. The van der Waals surface area contributed by atoms with Crippen molar-refractivity contribution in [3.63, 3.8) is 0 Å². The van der Waals surface area contributed by atoms with Gasteiger partial charge in [0.25, 0.3) is 23.6 Å². The minimum absolute atomic E-state index is 0.0771. The number of hydrogen-bond donors (Lipinski definition) is 0. The Morgan fingerprint density at radius 3 is 1.78 bits per heavy atom. The lowest BCUT2D eigenvalue weighted by Gasteiger charge is -2.13. The summed E-state index contributed by atoms with van der Waals surface area (Å²) in [6, 6.07) is 18.3. The van der Waals surface area contributed by atoms with E-state index >= 15 is 0 Å². The van der Waals surface area contributed by atoms with E-state index in [1.165, 1.54) is 21.6 Å². The van der Waals surface area contributed by atoms with Crippen LogP contribution in [0, 0.1) is 0 Å². The highest BCUT2D eigenvalue weighted by atomic mass is 33.1. The van der Waals surface area contributed by atoms with Crippen molar-refractivity contribution >= 4 is 78.7 Å². The summed E-state index contributed by atoms with van der Waals surface area (Å²) in [5, 5.41) is 3.10. The van der Waals surface area contributed by atoms with E-state index in [1.807, 2.05) is 48.5 Å². The van der Waals surface area contributed by atoms with Crippen LogP contribution in [-0.4, -0.2) is 61.4 Å². The van der Waals surface area contributed by atoms with Gasteiger partial charge in [0.1, 0.15) is 10.1 Å².